The number of carboxylic acid groups (broad SMARTS) is 1. The fourth-order valence-electron chi connectivity index (χ4n) is 1.78. The van der Waals surface area contributed by atoms with Crippen molar-refractivity contribution in [2.24, 2.45) is 11.8 Å². The van der Waals surface area contributed by atoms with E-state index in [1.165, 1.54) is 11.8 Å². The van der Waals surface area contributed by atoms with Crippen LogP contribution >= 0.6 is 11.8 Å². The molecule has 0 unspecified atom stereocenters. The topological polar surface area (TPSA) is 102 Å². The summed E-state index contributed by atoms with van der Waals surface area (Å²) in [5.74, 6) is -1.99. The summed E-state index contributed by atoms with van der Waals surface area (Å²) in [6.07, 6.45) is -0.0946. The van der Waals surface area contributed by atoms with Crippen LogP contribution in [-0.4, -0.2) is 46.5 Å². The SMILES string of the molecule is CCC(CC)S[C@@H](CNC(=O)O[C@@H](OC(=O)C(C)C)C(C)C)C(=O)O. The summed E-state index contributed by atoms with van der Waals surface area (Å²) >= 11 is 1.32. The van der Waals surface area contributed by atoms with Gasteiger partial charge in [-0.25, -0.2) is 4.79 Å². The molecule has 25 heavy (non-hydrogen) atoms. The Balaban J connectivity index is 4.62. The van der Waals surface area contributed by atoms with Gasteiger partial charge in [-0.15, -0.1) is 11.8 Å². The van der Waals surface area contributed by atoms with E-state index in [0.29, 0.717) is 0 Å². The van der Waals surface area contributed by atoms with E-state index in [1.54, 1.807) is 27.7 Å². The predicted octanol–water partition coefficient (Wildman–Crippen LogP) is 3.27. The molecule has 0 saturated heterocycles. The van der Waals surface area contributed by atoms with Crippen LogP contribution in [0.5, 0.6) is 0 Å². The van der Waals surface area contributed by atoms with Gasteiger partial charge in [-0.2, -0.15) is 0 Å². The molecule has 2 atom stereocenters. The van der Waals surface area contributed by atoms with Crippen LogP contribution in [0.1, 0.15) is 54.4 Å². The maximum Gasteiger partial charge on any atom is 0.410 e. The number of carboxylic acids is 1. The van der Waals surface area contributed by atoms with Gasteiger partial charge in [0.25, 0.3) is 6.29 Å². The molecule has 0 aromatic heterocycles. The third-order valence-corrected chi connectivity index (χ3v) is 5.19. The quantitative estimate of drug-likeness (QED) is 0.421. The Morgan fingerprint density at radius 3 is 2.00 bits per heavy atom. The van der Waals surface area contributed by atoms with E-state index in [0.717, 1.165) is 12.8 Å². The van der Waals surface area contributed by atoms with Crippen molar-refractivity contribution in [1.82, 2.24) is 5.32 Å². The summed E-state index contributed by atoms with van der Waals surface area (Å²) in [7, 11) is 0. The number of aliphatic carboxylic acids is 1. The first kappa shape index (κ1) is 23.6. The molecule has 0 fully saturated rings. The molecular formula is C17H31NO6S. The van der Waals surface area contributed by atoms with Gasteiger partial charge in [-0.3, -0.25) is 9.59 Å². The highest BCUT2D eigenvalue weighted by Gasteiger charge is 2.26. The van der Waals surface area contributed by atoms with E-state index in [9.17, 15) is 19.5 Å². The number of rotatable bonds is 11. The summed E-state index contributed by atoms with van der Waals surface area (Å²) in [6, 6.07) is 0. The van der Waals surface area contributed by atoms with Gasteiger partial charge in [0.05, 0.1) is 5.92 Å². The average Bonchev–Trinajstić information content (AvgIpc) is 2.53. The Bertz CT molecular complexity index is 437. The van der Waals surface area contributed by atoms with Gasteiger partial charge in [-0.05, 0) is 12.8 Å². The van der Waals surface area contributed by atoms with E-state index >= 15 is 0 Å². The standard InChI is InChI=1S/C17H31NO6S/c1-7-12(8-2)25-13(14(19)20)9-18-17(22)24-16(11(5)6)23-15(21)10(3)4/h10-13,16H,7-9H2,1-6H3,(H,18,22)(H,19,20)/t13-,16+/m0/s1. The number of nitrogens with one attached hydrogen (secondary N) is 1. The zero-order chi connectivity index (χ0) is 19.6. The minimum Gasteiger partial charge on any atom is -0.480 e. The molecule has 0 spiro atoms. The summed E-state index contributed by atoms with van der Waals surface area (Å²) in [6.45, 7) is 10.8. The highest BCUT2D eigenvalue weighted by atomic mass is 32.2. The van der Waals surface area contributed by atoms with Crippen molar-refractivity contribution in [3.05, 3.63) is 0 Å². The van der Waals surface area contributed by atoms with Crippen molar-refractivity contribution < 1.29 is 29.0 Å². The molecule has 2 N–H and O–H groups in total. The normalized spacial score (nSPS) is 13.6. The number of thioether (sulfide) groups is 1. The molecule has 0 radical (unpaired) electrons. The number of hydrogen-bond donors (Lipinski definition) is 2. The summed E-state index contributed by atoms with van der Waals surface area (Å²) in [5, 5.41) is 11.2. The number of hydrogen-bond acceptors (Lipinski definition) is 6. The second kappa shape index (κ2) is 12.0. The largest absolute Gasteiger partial charge is 0.480 e. The molecule has 0 heterocycles. The van der Waals surface area contributed by atoms with Crippen LogP contribution < -0.4 is 5.32 Å². The first-order valence-electron chi connectivity index (χ1n) is 8.65. The van der Waals surface area contributed by atoms with E-state index < -0.39 is 29.6 Å². The molecular weight excluding hydrogens is 346 g/mol. The van der Waals surface area contributed by atoms with E-state index in [-0.39, 0.29) is 23.6 Å². The minimum atomic E-state index is -1.01. The number of amides is 1. The summed E-state index contributed by atoms with van der Waals surface area (Å²) < 4.78 is 10.3. The van der Waals surface area contributed by atoms with Crippen LogP contribution in [0.25, 0.3) is 0 Å². The van der Waals surface area contributed by atoms with Gasteiger partial charge < -0.3 is 19.9 Å². The lowest BCUT2D eigenvalue weighted by Gasteiger charge is -2.23. The van der Waals surface area contributed by atoms with Gasteiger partial charge in [0.15, 0.2) is 0 Å². The molecule has 0 rings (SSSR count). The maximum absolute atomic E-state index is 11.9. The highest BCUT2D eigenvalue weighted by molar-refractivity contribution is 8.01. The van der Waals surface area contributed by atoms with Crippen LogP contribution in [0.15, 0.2) is 0 Å². The monoisotopic (exact) mass is 377 g/mol. The maximum atomic E-state index is 11.9. The average molecular weight is 378 g/mol. The van der Waals surface area contributed by atoms with E-state index in [4.69, 9.17) is 9.47 Å². The van der Waals surface area contributed by atoms with Gasteiger partial charge in [0, 0.05) is 17.7 Å². The second-order valence-corrected chi connectivity index (χ2v) is 7.90. The Kier molecular flexibility index (Phi) is 11.3. The van der Waals surface area contributed by atoms with E-state index in [1.807, 2.05) is 13.8 Å². The Morgan fingerprint density at radius 1 is 1.04 bits per heavy atom. The van der Waals surface area contributed by atoms with Crippen molar-refractivity contribution >= 4 is 29.8 Å². The van der Waals surface area contributed by atoms with Crippen LogP contribution in [0.4, 0.5) is 4.79 Å². The molecule has 1 amide bonds. The van der Waals surface area contributed by atoms with Crippen molar-refractivity contribution in [3.63, 3.8) is 0 Å². The zero-order valence-electron chi connectivity index (χ0n) is 15.9. The zero-order valence-corrected chi connectivity index (χ0v) is 16.7. The lowest BCUT2D eigenvalue weighted by Crippen LogP contribution is -2.40. The third kappa shape index (κ3) is 9.57. The fourth-order valence-corrected chi connectivity index (χ4v) is 2.92. The molecule has 0 aromatic carbocycles. The fraction of sp³-hybridized carbons (Fsp3) is 0.824. The first-order valence-corrected chi connectivity index (χ1v) is 9.59. The number of carbonyl (C=O) groups is 3. The van der Waals surface area contributed by atoms with Crippen molar-refractivity contribution in [1.29, 1.82) is 0 Å². The molecule has 0 aromatic rings. The second-order valence-electron chi connectivity index (χ2n) is 6.39. The molecule has 0 bridgehead atoms. The van der Waals surface area contributed by atoms with Crippen LogP contribution in [0, 0.1) is 11.8 Å². The van der Waals surface area contributed by atoms with Crippen molar-refractivity contribution in [2.45, 2.75) is 71.2 Å². The number of ether oxygens (including phenoxy) is 2. The van der Waals surface area contributed by atoms with E-state index in [2.05, 4.69) is 5.32 Å². The molecule has 0 aliphatic rings. The number of alkyl carbamates (subject to hydrolysis) is 1. The van der Waals surface area contributed by atoms with Gasteiger partial charge in [0.2, 0.25) is 0 Å². The van der Waals surface area contributed by atoms with Crippen molar-refractivity contribution in [2.75, 3.05) is 6.54 Å². The van der Waals surface area contributed by atoms with Crippen LogP contribution in [0.3, 0.4) is 0 Å². The van der Waals surface area contributed by atoms with Gasteiger partial charge in [-0.1, -0.05) is 41.5 Å². The molecule has 146 valence electrons. The predicted molar refractivity (Wildman–Crippen MR) is 97.4 cm³/mol. The Morgan fingerprint density at radius 2 is 1.60 bits per heavy atom. The summed E-state index contributed by atoms with van der Waals surface area (Å²) in [4.78, 5) is 34.9. The molecule has 8 heteroatoms. The van der Waals surface area contributed by atoms with Crippen LogP contribution in [-0.2, 0) is 19.1 Å². The molecule has 7 nitrogen and oxygen atoms in total. The molecule has 0 aliphatic carbocycles. The highest BCUT2D eigenvalue weighted by Crippen LogP contribution is 2.23. The van der Waals surface area contributed by atoms with Crippen LogP contribution in [0.2, 0.25) is 0 Å². The first-order chi connectivity index (χ1) is 11.6. The molecule has 0 aliphatic heterocycles. The Labute approximate surface area is 154 Å². The lowest BCUT2D eigenvalue weighted by molar-refractivity contribution is -0.178. The number of carbonyl (C=O) groups excluding carboxylic acids is 2. The molecule has 0 saturated carbocycles. The number of esters is 1. The lowest BCUT2D eigenvalue weighted by atomic mass is 10.2. The van der Waals surface area contributed by atoms with Gasteiger partial charge in [0.1, 0.15) is 5.25 Å². The smallest absolute Gasteiger partial charge is 0.410 e. The van der Waals surface area contributed by atoms with Gasteiger partial charge >= 0.3 is 18.0 Å². The third-order valence-electron chi connectivity index (χ3n) is 3.45. The Hall–Kier alpha value is -1.44. The van der Waals surface area contributed by atoms with Crippen molar-refractivity contribution in [3.8, 4) is 0 Å². The minimum absolute atomic E-state index is 0.0573. The summed E-state index contributed by atoms with van der Waals surface area (Å²) in [5.41, 5.74) is 0.